The van der Waals surface area contributed by atoms with E-state index in [1.54, 1.807) is 0 Å². The van der Waals surface area contributed by atoms with Crippen LogP contribution in [-0.4, -0.2) is 96.7 Å². The lowest BCUT2D eigenvalue weighted by molar-refractivity contribution is -0.161. The first-order chi connectivity index (χ1) is 54.7. The fraction of sp³-hybridized carbons (Fsp3) is 0.634. The van der Waals surface area contributed by atoms with Crippen molar-refractivity contribution in [2.45, 2.75) is 341 Å². The van der Waals surface area contributed by atoms with Gasteiger partial charge in [-0.1, -0.05) is 326 Å². The third kappa shape index (κ3) is 82.2. The molecule has 3 N–H and O–H groups in total. The molecule has 0 bridgehead atoms. The normalized spacial score (nSPS) is 14.7. The van der Waals surface area contributed by atoms with Gasteiger partial charge in [0.05, 0.1) is 26.4 Å². The maximum absolute atomic E-state index is 13.1. The first-order valence-electron chi connectivity index (χ1n) is 43.0. The molecule has 0 saturated carbocycles. The van der Waals surface area contributed by atoms with E-state index >= 15 is 0 Å². The molecule has 19 heteroatoms. The van der Waals surface area contributed by atoms with E-state index in [-0.39, 0.29) is 25.7 Å². The Kier molecular flexibility index (Phi) is 78.8. The molecule has 17 nitrogen and oxygen atoms in total. The van der Waals surface area contributed by atoms with Gasteiger partial charge in [-0.15, -0.1) is 0 Å². The predicted octanol–water partition coefficient (Wildman–Crippen LogP) is 25.9. The van der Waals surface area contributed by atoms with Crippen molar-refractivity contribution in [1.29, 1.82) is 0 Å². The van der Waals surface area contributed by atoms with Crippen LogP contribution in [0.3, 0.4) is 0 Å². The summed E-state index contributed by atoms with van der Waals surface area (Å²) in [5, 5.41) is 10.7. The Labute approximate surface area is 679 Å². The van der Waals surface area contributed by atoms with Crippen LogP contribution in [0.2, 0.25) is 0 Å². The Hall–Kier alpha value is -5.84. The molecule has 0 aliphatic rings. The fourth-order valence-corrected chi connectivity index (χ4v) is 12.5. The molecule has 0 amide bonds. The molecule has 112 heavy (non-hydrogen) atoms. The van der Waals surface area contributed by atoms with Gasteiger partial charge in [0.1, 0.15) is 19.3 Å². The summed E-state index contributed by atoms with van der Waals surface area (Å²) in [6.45, 7) is 4.48. The summed E-state index contributed by atoms with van der Waals surface area (Å²) in [6.07, 6.45) is 102. The number of unbranched alkanes of at least 4 members (excludes halogenated alkanes) is 23. The highest BCUT2D eigenvalue weighted by Crippen LogP contribution is 2.45. The van der Waals surface area contributed by atoms with Crippen molar-refractivity contribution in [3.8, 4) is 0 Å². The molecule has 0 saturated heterocycles. The van der Waals surface area contributed by atoms with Crippen molar-refractivity contribution in [2.75, 3.05) is 39.6 Å². The highest BCUT2D eigenvalue weighted by atomic mass is 31.2. The van der Waals surface area contributed by atoms with Crippen LogP contribution < -0.4 is 0 Å². The zero-order valence-corrected chi connectivity index (χ0v) is 71.6. The molecule has 0 aliphatic carbocycles. The van der Waals surface area contributed by atoms with Crippen LogP contribution in [0.25, 0.3) is 0 Å². The molecular weight excluding hydrogens is 1450 g/mol. The lowest BCUT2D eigenvalue weighted by Crippen LogP contribution is -2.30. The minimum atomic E-state index is -5.01. The van der Waals surface area contributed by atoms with Gasteiger partial charge in [-0.05, 0) is 154 Å². The van der Waals surface area contributed by atoms with Crippen LogP contribution in [0.15, 0.2) is 182 Å². The van der Waals surface area contributed by atoms with Gasteiger partial charge < -0.3 is 33.8 Å². The zero-order valence-electron chi connectivity index (χ0n) is 69.8. The molecule has 0 radical (unpaired) electrons. The van der Waals surface area contributed by atoms with E-state index in [2.05, 4.69) is 198 Å². The van der Waals surface area contributed by atoms with Crippen molar-refractivity contribution < 1.29 is 80.2 Å². The summed E-state index contributed by atoms with van der Waals surface area (Å²) >= 11 is 0. The molecule has 0 heterocycles. The van der Waals surface area contributed by atoms with Gasteiger partial charge in [0, 0.05) is 25.7 Å². The molecule has 0 rings (SSSR count). The number of carbonyl (C=O) groups excluding carboxylic acids is 4. The number of aliphatic hydroxyl groups excluding tert-OH is 1. The smallest absolute Gasteiger partial charge is 0.462 e. The van der Waals surface area contributed by atoms with Crippen LogP contribution in [0, 0.1) is 0 Å². The number of carbonyl (C=O) groups is 4. The summed E-state index contributed by atoms with van der Waals surface area (Å²) in [7, 11) is -10.0. The monoisotopic (exact) mass is 1600 g/mol. The van der Waals surface area contributed by atoms with Crippen LogP contribution in [-0.2, 0) is 65.4 Å². The summed E-state index contributed by atoms with van der Waals surface area (Å²) in [6, 6.07) is 0. The molecule has 0 spiro atoms. The van der Waals surface area contributed by atoms with E-state index in [4.69, 9.17) is 37.0 Å². The molecule has 5 atom stereocenters. The van der Waals surface area contributed by atoms with E-state index in [0.717, 1.165) is 154 Å². The molecule has 0 aromatic rings. The summed E-state index contributed by atoms with van der Waals surface area (Å²) in [4.78, 5) is 73.3. The molecule has 0 aliphatic heterocycles. The standard InChI is InChI=1S/C93H152O17P2/c1-5-9-13-17-21-25-29-33-37-40-43-46-50-53-57-61-65-69-73-77-90(95)103-83-88(109-92(97)79-75-71-67-63-59-55-49-36-32-28-24-20-16-12-8-4)85-107-111(99,100)105-81-87(94)82-106-112(101,102)108-86-89(110-93(98)80-76-72-68-64-60-56-52-48-45-42-39-35-31-27-23-19-15-11-7-3)84-104-91(96)78-74-70-66-62-58-54-51-47-44-41-38-34-30-26-22-18-14-10-6-2/h10-11,14-15,21-23,25-27,33-35,37-39,43-48,53-54,56-58,60,65,69,87-89,94H,5-9,12-13,16-20,24,28-32,36,40-42,49-52,55,59,61-64,66-68,70-86H2,1-4H3,(H,99,100)(H,101,102)/b14-10-,15-11-,25-21-,26-22-,27-23-,37-33-,38-34-,39-35-,46-43-,47-44-,48-45-,57-53-,58-54-,60-56-,69-65-/t87-,88+,89+/m0/s1. The number of ether oxygens (including phenoxy) is 4. The number of allylic oxidation sites excluding steroid dienone is 30. The zero-order chi connectivity index (χ0) is 81.7. The summed E-state index contributed by atoms with van der Waals surface area (Å²) < 4.78 is 68.7. The quantitative estimate of drug-likeness (QED) is 0.0169. The van der Waals surface area contributed by atoms with E-state index in [1.807, 2.05) is 12.2 Å². The number of esters is 4. The number of phosphoric acid groups is 2. The number of aliphatic hydroxyl groups is 1. The topological polar surface area (TPSA) is 237 Å². The second-order valence-corrected chi connectivity index (χ2v) is 30.9. The van der Waals surface area contributed by atoms with Gasteiger partial charge in [0.2, 0.25) is 0 Å². The van der Waals surface area contributed by atoms with E-state index < -0.39 is 97.5 Å². The first kappa shape index (κ1) is 106. The maximum Gasteiger partial charge on any atom is 0.472 e. The van der Waals surface area contributed by atoms with E-state index in [1.165, 1.54) is 83.5 Å². The van der Waals surface area contributed by atoms with E-state index in [0.29, 0.717) is 32.1 Å². The van der Waals surface area contributed by atoms with E-state index in [9.17, 15) is 43.2 Å². The second-order valence-electron chi connectivity index (χ2n) is 28.0. The van der Waals surface area contributed by atoms with Crippen molar-refractivity contribution in [3.63, 3.8) is 0 Å². The Balaban J connectivity index is 5.52. The third-order valence-corrected chi connectivity index (χ3v) is 19.3. The lowest BCUT2D eigenvalue weighted by Gasteiger charge is -2.21. The fourth-order valence-electron chi connectivity index (χ4n) is 10.9. The van der Waals surface area contributed by atoms with Crippen molar-refractivity contribution >= 4 is 39.5 Å². The van der Waals surface area contributed by atoms with Gasteiger partial charge in [0.25, 0.3) is 0 Å². The van der Waals surface area contributed by atoms with Crippen LogP contribution in [0.4, 0.5) is 0 Å². The Morgan fingerprint density at radius 2 is 0.482 bits per heavy atom. The SMILES string of the molecule is CC/C=C\C/C=C\C/C=C\C/C=C\C/C=C\CCCCCC(=O)OC[C@H](COP(=O)(O)OC[C@@H](O)COP(=O)(O)OC[C@@H](COC(=O)CC/C=C\C/C=C\C/C=C\C/C=C\C/C=C\CCCCC)OC(=O)CCCCCCCCCCCCCCCCC)OC(=O)CCCCC/C=C\C/C=C\C/C=C\C/C=C\C/C=C\CC. The molecule has 2 unspecified atom stereocenters. The Morgan fingerprint density at radius 1 is 0.259 bits per heavy atom. The van der Waals surface area contributed by atoms with Crippen molar-refractivity contribution in [2.24, 2.45) is 0 Å². The largest absolute Gasteiger partial charge is 0.472 e. The van der Waals surface area contributed by atoms with Crippen LogP contribution in [0.1, 0.15) is 323 Å². The highest BCUT2D eigenvalue weighted by Gasteiger charge is 2.30. The molecule has 0 aromatic carbocycles. The van der Waals surface area contributed by atoms with Gasteiger partial charge in [0.15, 0.2) is 12.2 Å². The van der Waals surface area contributed by atoms with Crippen molar-refractivity contribution in [3.05, 3.63) is 182 Å². The Morgan fingerprint density at radius 3 is 0.786 bits per heavy atom. The summed E-state index contributed by atoms with van der Waals surface area (Å²) in [5.74, 6) is -2.35. The number of rotatable bonds is 79. The van der Waals surface area contributed by atoms with Gasteiger partial charge in [-0.2, -0.15) is 0 Å². The predicted molar refractivity (Wildman–Crippen MR) is 463 cm³/mol. The van der Waals surface area contributed by atoms with Crippen LogP contribution >= 0.6 is 15.6 Å². The second kappa shape index (κ2) is 83.1. The minimum Gasteiger partial charge on any atom is -0.462 e. The lowest BCUT2D eigenvalue weighted by atomic mass is 10.0. The average Bonchev–Trinajstić information content (AvgIpc) is 0.898. The Bertz CT molecular complexity index is 2840. The first-order valence-corrected chi connectivity index (χ1v) is 46.0. The average molecular weight is 1600 g/mol. The van der Waals surface area contributed by atoms with Crippen molar-refractivity contribution in [1.82, 2.24) is 0 Å². The van der Waals surface area contributed by atoms with Gasteiger partial charge in [-0.3, -0.25) is 37.3 Å². The molecule has 636 valence electrons. The number of phosphoric ester groups is 2. The molecular formula is C93H152O17P2. The maximum atomic E-state index is 13.1. The molecule has 0 aromatic heterocycles. The highest BCUT2D eigenvalue weighted by molar-refractivity contribution is 7.47. The minimum absolute atomic E-state index is 0.0333. The third-order valence-electron chi connectivity index (χ3n) is 17.4. The molecule has 0 fully saturated rings. The number of hydrogen-bond acceptors (Lipinski definition) is 15. The van der Waals surface area contributed by atoms with Crippen LogP contribution in [0.5, 0.6) is 0 Å². The van der Waals surface area contributed by atoms with Gasteiger partial charge in [-0.25, -0.2) is 9.13 Å². The summed E-state index contributed by atoms with van der Waals surface area (Å²) in [5.41, 5.74) is 0. The van der Waals surface area contributed by atoms with Gasteiger partial charge >= 0.3 is 39.5 Å². The number of hydrogen-bond donors (Lipinski definition) is 3.